The van der Waals surface area contributed by atoms with Crippen LogP contribution in [0.5, 0.6) is 0 Å². The van der Waals surface area contributed by atoms with Gasteiger partial charge in [-0.15, -0.1) is 0 Å². The van der Waals surface area contributed by atoms with Crippen molar-refractivity contribution in [2.24, 2.45) is 5.73 Å². The molecule has 28 heavy (non-hydrogen) atoms. The molecular weight excluding hydrogens is 374 g/mol. The van der Waals surface area contributed by atoms with Gasteiger partial charge in [0.2, 0.25) is 11.8 Å². The molecule has 0 aliphatic heterocycles. The number of hydrogen-bond donors (Lipinski definition) is 1. The third-order valence-electron chi connectivity index (χ3n) is 5.14. The van der Waals surface area contributed by atoms with Crippen LogP contribution < -0.4 is 10.6 Å². The first-order chi connectivity index (χ1) is 13.5. The number of primary amides is 1. The van der Waals surface area contributed by atoms with Gasteiger partial charge in [0.05, 0.1) is 6.54 Å². The normalized spacial score (nSPS) is 14.7. The number of rotatable bonds is 9. The monoisotopic (exact) mass is 399 g/mol. The molecule has 1 fully saturated rings. The fourth-order valence-electron chi connectivity index (χ4n) is 3.45. The molecule has 1 atom stereocenters. The topological polar surface area (TPSA) is 66.6 Å². The summed E-state index contributed by atoms with van der Waals surface area (Å²) in [7, 11) is 0. The molecule has 2 N–H and O–H groups in total. The van der Waals surface area contributed by atoms with Crippen LogP contribution in [0.25, 0.3) is 0 Å². The lowest BCUT2D eigenvalue weighted by Crippen LogP contribution is -2.43. The summed E-state index contributed by atoms with van der Waals surface area (Å²) in [5, 5.41) is 0.710. The summed E-state index contributed by atoms with van der Waals surface area (Å²) in [5.41, 5.74) is 7.11. The average molecular weight is 400 g/mol. The molecule has 2 amide bonds. The lowest BCUT2D eigenvalue weighted by Gasteiger charge is -2.32. The Kier molecular flexibility index (Phi) is 6.70. The van der Waals surface area contributed by atoms with Crippen molar-refractivity contribution >= 4 is 29.1 Å². The van der Waals surface area contributed by atoms with Crippen LogP contribution in [0.1, 0.15) is 37.8 Å². The zero-order valence-corrected chi connectivity index (χ0v) is 16.8. The molecule has 1 aliphatic carbocycles. The van der Waals surface area contributed by atoms with Crippen LogP contribution in [0.2, 0.25) is 5.02 Å². The average Bonchev–Trinajstić information content (AvgIpc) is 3.52. The summed E-state index contributed by atoms with van der Waals surface area (Å²) >= 11 is 6.39. The summed E-state index contributed by atoms with van der Waals surface area (Å²) in [6, 6.07) is 17.6. The minimum atomic E-state index is -0.419. The zero-order chi connectivity index (χ0) is 20.1. The summed E-state index contributed by atoms with van der Waals surface area (Å²) in [6.45, 7) is 2.63. The van der Waals surface area contributed by atoms with E-state index in [0.717, 1.165) is 24.1 Å². The second kappa shape index (κ2) is 9.22. The van der Waals surface area contributed by atoms with E-state index in [0.29, 0.717) is 11.1 Å². The molecule has 0 spiro atoms. The van der Waals surface area contributed by atoms with E-state index in [1.165, 1.54) is 0 Å². The molecule has 0 radical (unpaired) electrons. The van der Waals surface area contributed by atoms with Gasteiger partial charge in [-0.25, -0.2) is 0 Å². The third-order valence-corrected chi connectivity index (χ3v) is 5.48. The van der Waals surface area contributed by atoms with E-state index in [2.05, 4.69) is 11.8 Å². The van der Waals surface area contributed by atoms with Crippen LogP contribution in [0.4, 0.5) is 5.69 Å². The van der Waals surface area contributed by atoms with Crippen molar-refractivity contribution in [3.05, 3.63) is 65.2 Å². The summed E-state index contributed by atoms with van der Waals surface area (Å²) in [6.07, 6.45) is 2.29. The van der Waals surface area contributed by atoms with Crippen LogP contribution in [-0.2, 0) is 9.59 Å². The lowest BCUT2D eigenvalue weighted by atomic mass is 10.1. The molecule has 148 valence electrons. The number of hydrogen-bond acceptors (Lipinski definition) is 3. The lowest BCUT2D eigenvalue weighted by molar-refractivity contribution is -0.120. The molecule has 5 nitrogen and oxygen atoms in total. The van der Waals surface area contributed by atoms with Crippen LogP contribution in [0.3, 0.4) is 0 Å². The van der Waals surface area contributed by atoms with E-state index in [9.17, 15) is 9.59 Å². The Bertz CT molecular complexity index is 824. The largest absolute Gasteiger partial charge is 0.370 e. The standard InChI is InChI=1S/C22H26ClN3O2/c1-16(19-9-5-6-10-20(19)23)26(18-11-12-18)15-22(28)25(14-13-21(24)27)17-7-3-2-4-8-17/h2-10,16,18H,11-15H2,1H3,(H2,24,27). The van der Waals surface area contributed by atoms with Crippen LogP contribution in [0, 0.1) is 0 Å². The molecule has 2 aromatic carbocycles. The van der Waals surface area contributed by atoms with Crippen molar-refractivity contribution < 1.29 is 9.59 Å². The van der Waals surface area contributed by atoms with E-state index >= 15 is 0 Å². The molecule has 0 heterocycles. The number of halogens is 1. The van der Waals surface area contributed by atoms with Gasteiger partial charge in [-0.3, -0.25) is 14.5 Å². The van der Waals surface area contributed by atoms with Gasteiger partial charge < -0.3 is 10.6 Å². The molecule has 1 unspecified atom stereocenters. The number of nitrogens with two attached hydrogens (primary N) is 1. The Balaban J connectivity index is 1.79. The van der Waals surface area contributed by atoms with Gasteiger partial charge >= 0.3 is 0 Å². The van der Waals surface area contributed by atoms with Crippen molar-refractivity contribution in [1.82, 2.24) is 4.90 Å². The molecule has 0 aromatic heterocycles. The number of amides is 2. The fourth-order valence-corrected chi connectivity index (χ4v) is 3.74. The van der Waals surface area contributed by atoms with Crippen molar-refractivity contribution in [3.63, 3.8) is 0 Å². The van der Waals surface area contributed by atoms with Gasteiger partial charge in [0.1, 0.15) is 0 Å². The van der Waals surface area contributed by atoms with Crippen LogP contribution >= 0.6 is 11.6 Å². The zero-order valence-electron chi connectivity index (χ0n) is 16.1. The van der Waals surface area contributed by atoms with E-state index < -0.39 is 5.91 Å². The van der Waals surface area contributed by atoms with Crippen molar-refractivity contribution in [2.45, 2.75) is 38.3 Å². The fraction of sp³-hybridized carbons (Fsp3) is 0.364. The van der Waals surface area contributed by atoms with Crippen molar-refractivity contribution in [3.8, 4) is 0 Å². The van der Waals surface area contributed by atoms with Gasteiger partial charge in [0, 0.05) is 35.8 Å². The number of carbonyl (C=O) groups excluding carboxylic acids is 2. The van der Waals surface area contributed by atoms with Crippen molar-refractivity contribution in [2.75, 3.05) is 18.0 Å². The number of nitrogens with zero attached hydrogens (tertiary/aromatic N) is 2. The molecule has 3 rings (SSSR count). The molecular formula is C22H26ClN3O2. The Hall–Kier alpha value is -2.37. The highest BCUT2D eigenvalue weighted by atomic mass is 35.5. The first kappa shape index (κ1) is 20.4. The van der Waals surface area contributed by atoms with E-state index in [-0.39, 0.29) is 31.5 Å². The van der Waals surface area contributed by atoms with Crippen molar-refractivity contribution in [1.29, 1.82) is 0 Å². The SMILES string of the molecule is CC(c1ccccc1Cl)N(CC(=O)N(CCC(N)=O)c1ccccc1)C1CC1. The van der Waals surface area contributed by atoms with Gasteiger partial charge in [-0.1, -0.05) is 48.0 Å². The second-order valence-electron chi connectivity index (χ2n) is 7.20. The molecule has 1 saturated carbocycles. The minimum absolute atomic E-state index is 0.0268. The van der Waals surface area contributed by atoms with E-state index in [4.69, 9.17) is 17.3 Å². The molecule has 2 aromatic rings. The van der Waals surface area contributed by atoms with Gasteiger partial charge in [0.25, 0.3) is 0 Å². The summed E-state index contributed by atoms with van der Waals surface area (Å²) < 4.78 is 0. The third kappa shape index (κ3) is 5.12. The Morgan fingerprint density at radius 2 is 1.75 bits per heavy atom. The number of benzene rings is 2. The maximum atomic E-state index is 13.2. The first-order valence-electron chi connectivity index (χ1n) is 9.61. The quantitative estimate of drug-likeness (QED) is 0.697. The van der Waals surface area contributed by atoms with E-state index in [1.54, 1.807) is 4.90 Å². The Morgan fingerprint density at radius 1 is 1.11 bits per heavy atom. The van der Waals surface area contributed by atoms with Crippen LogP contribution in [-0.4, -0.2) is 35.8 Å². The predicted molar refractivity (Wildman–Crippen MR) is 112 cm³/mol. The van der Waals surface area contributed by atoms with Gasteiger partial charge in [0.15, 0.2) is 0 Å². The van der Waals surface area contributed by atoms with Gasteiger partial charge in [-0.05, 0) is 43.5 Å². The first-order valence-corrected chi connectivity index (χ1v) is 9.99. The molecule has 0 saturated heterocycles. The minimum Gasteiger partial charge on any atom is -0.370 e. The highest BCUT2D eigenvalue weighted by Gasteiger charge is 2.35. The molecule has 6 heteroatoms. The summed E-state index contributed by atoms with van der Waals surface area (Å²) in [4.78, 5) is 28.4. The Morgan fingerprint density at radius 3 is 2.36 bits per heavy atom. The molecule has 0 bridgehead atoms. The summed E-state index contributed by atoms with van der Waals surface area (Å²) in [5.74, 6) is -0.463. The second-order valence-corrected chi connectivity index (χ2v) is 7.61. The van der Waals surface area contributed by atoms with Gasteiger partial charge in [-0.2, -0.15) is 0 Å². The maximum Gasteiger partial charge on any atom is 0.241 e. The predicted octanol–water partition coefficient (Wildman–Crippen LogP) is 3.77. The van der Waals surface area contributed by atoms with Crippen LogP contribution in [0.15, 0.2) is 54.6 Å². The van der Waals surface area contributed by atoms with E-state index in [1.807, 2.05) is 54.6 Å². The smallest absolute Gasteiger partial charge is 0.241 e. The maximum absolute atomic E-state index is 13.2. The highest BCUT2D eigenvalue weighted by molar-refractivity contribution is 6.31. The Labute approximate surface area is 171 Å². The number of para-hydroxylation sites is 1. The molecule has 1 aliphatic rings. The number of anilines is 1. The number of carbonyl (C=O) groups is 2. The highest BCUT2D eigenvalue weighted by Crippen LogP contribution is 2.36.